The van der Waals surface area contributed by atoms with Gasteiger partial charge in [-0.2, -0.15) is 0 Å². The Morgan fingerprint density at radius 2 is 2.12 bits per heavy atom. The lowest BCUT2D eigenvalue weighted by Gasteiger charge is -2.06. The van der Waals surface area contributed by atoms with Gasteiger partial charge >= 0.3 is 0 Å². The molecule has 0 aliphatic carbocycles. The summed E-state index contributed by atoms with van der Waals surface area (Å²) in [5, 5.41) is 11.7. The zero-order chi connectivity index (χ0) is 17.8. The van der Waals surface area contributed by atoms with E-state index in [0.29, 0.717) is 16.1 Å². The van der Waals surface area contributed by atoms with Gasteiger partial charge in [-0.15, -0.1) is 10.2 Å². The minimum atomic E-state index is -0.144. The predicted octanol–water partition coefficient (Wildman–Crippen LogP) is 5.19. The number of hydrogen-bond acceptors (Lipinski definition) is 5. The van der Waals surface area contributed by atoms with Crippen molar-refractivity contribution in [2.24, 2.45) is 0 Å². The van der Waals surface area contributed by atoms with Crippen LogP contribution in [0.1, 0.15) is 5.56 Å². The first-order valence-electron chi connectivity index (χ1n) is 7.29. The molecule has 8 heteroatoms. The van der Waals surface area contributed by atoms with Crippen molar-refractivity contribution in [2.45, 2.75) is 12.1 Å². The van der Waals surface area contributed by atoms with Crippen LogP contribution in [0.5, 0.6) is 0 Å². The Kier molecular flexibility index (Phi) is 5.78. The molecule has 0 spiro atoms. The molecule has 2 aromatic carbocycles. The summed E-state index contributed by atoms with van der Waals surface area (Å²) < 4.78 is 6.56. The van der Waals surface area contributed by atoms with Crippen molar-refractivity contribution in [3.63, 3.8) is 0 Å². The van der Waals surface area contributed by atoms with Crippen LogP contribution in [0.25, 0.3) is 11.5 Å². The number of rotatable bonds is 5. The Labute approximate surface area is 162 Å². The summed E-state index contributed by atoms with van der Waals surface area (Å²) >= 11 is 10.6. The molecule has 25 heavy (non-hydrogen) atoms. The number of anilines is 1. The Bertz CT molecular complexity index is 916. The van der Waals surface area contributed by atoms with Crippen molar-refractivity contribution >= 4 is 50.9 Å². The van der Waals surface area contributed by atoms with Crippen LogP contribution in [0.15, 0.2) is 56.6 Å². The third kappa shape index (κ3) is 4.84. The van der Waals surface area contributed by atoms with Crippen molar-refractivity contribution in [3.05, 3.63) is 57.5 Å². The summed E-state index contributed by atoms with van der Waals surface area (Å²) in [7, 11) is 0. The normalized spacial score (nSPS) is 10.7. The Hall–Kier alpha value is -1.83. The monoisotopic (exact) mass is 437 g/mol. The molecule has 5 nitrogen and oxygen atoms in total. The van der Waals surface area contributed by atoms with E-state index < -0.39 is 0 Å². The fourth-order valence-corrected chi connectivity index (χ4v) is 3.05. The largest absolute Gasteiger partial charge is 0.411 e. The van der Waals surface area contributed by atoms with Crippen molar-refractivity contribution in [3.8, 4) is 11.5 Å². The van der Waals surface area contributed by atoms with Crippen molar-refractivity contribution < 1.29 is 9.21 Å². The number of halogens is 2. The predicted molar refractivity (Wildman–Crippen MR) is 103 cm³/mol. The molecule has 128 valence electrons. The Morgan fingerprint density at radius 3 is 2.88 bits per heavy atom. The first-order chi connectivity index (χ1) is 12.0. The number of nitrogens with one attached hydrogen (secondary N) is 1. The quantitative estimate of drug-likeness (QED) is 0.555. The molecule has 0 bridgehead atoms. The zero-order valence-electron chi connectivity index (χ0n) is 13.1. The van der Waals surface area contributed by atoms with Crippen LogP contribution in [-0.4, -0.2) is 21.9 Å². The van der Waals surface area contributed by atoms with Gasteiger partial charge in [0.05, 0.1) is 5.75 Å². The van der Waals surface area contributed by atoms with Gasteiger partial charge in [0.15, 0.2) is 0 Å². The van der Waals surface area contributed by atoms with Gasteiger partial charge in [-0.25, -0.2) is 0 Å². The molecule has 0 aliphatic rings. The molecule has 0 saturated heterocycles. The van der Waals surface area contributed by atoms with E-state index in [9.17, 15) is 4.79 Å². The Morgan fingerprint density at radius 1 is 1.28 bits per heavy atom. The number of amides is 1. The molecule has 0 unspecified atom stereocenters. The lowest BCUT2D eigenvalue weighted by molar-refractivity contribution is -0.113. The molecular weight excluding hydrogens is 426 g/mol. The topological polar surface area (TPSA) is 68.0 Å². The second-order valence-corrected chi connectivity index (χ2v) is 7.40. The molecule has 1 aromatic heterocycles. The molecule has 0 aliphatic heterocycles. The maximum Gasteiger partial charge on any atom is 0.277 e. The van der Waals surface area contributed by atoms with Crippen LogP contribution in [0.3, 0.4) is 0 Å². The fourth-order valence-electron chi connectivity index (χ4n) is 2.05. The molecule has 1 N–H and O–H groups in total. The number of carbonyl (C=O) groups is 1. The standard InChI is InChI=1S/C17H13BrClN3O2S/c1-10-7-13(5-6-14(10)18)20-15(23)9-25-17-22-21-16(24-17)11-3-2-4-12(19)8-11/h2-8H,9H2,1H3,(H,20,23). The van der Waals surface area contributed by atoms with Crippen LogP contribution in [0.4, 0.5) is 5.69 Å². The number of benzene rings is 2. The van der Waals surface area contributed by atoms with Crippen molar-refractivity contribution in [2.75, 3.05) is 11.1 Å². The van der Waals surface area contributed by atoms with E-state index in [4.69, 9.17) is 16.0 Å². The minimum Gasteiger partial charge on any atom is -0.411 e. The van der Waals surface area contributed by atoms with Crippen molar-refractivity contribution in [1.82, 2.24) is 10.2 Å². The van der Waals surface area contributed by atoms with Crippen LogP contribution in [-0.2, 0) is 4.79 Å². The highest BCUT2D eigenvalue weighted by molar-refractivity contribution is 9.10. The van der Waals surface area contributed by atoms with Crippen LogP contribution in [0, 0.1) is 6.92 Å². The number of thioether (sulfide) groups is 1. The lowest BCUT2D eigenvalue weighted by Crippen LogP contribution is -2.14. The fraction of sp³-hybridized carbons (Fsp3) is 0.118. The third-order valence-corrected chi connectivity index (χ3v) is 5.19. The van der Waals surface area contributed by atoms with E-state index in [2.05, 4.69) is 31.4 Å². The smallest absolute Gasteiger partial charge is 0.277 e. The highest BCUT2D eigenvalue weighted by Crippen LogP contribution is 2.25. The average molecular weight is 439 g/mol. The van der Waals surface area contributed by atoms with Crippen LogP contribution >= 0.6 is 39.3 Å². The summed E-state index contributed by atoms with van der Waals surface area (Å²) in [6.07, 6.45) is 0. The minimum absolute atomic E-state index is 0.144. The van der Waals surface area contributed by atoms with Gasteiger partial charge in [0.2, 0.25) is 11.8 Å². The van der Waals surface area contributed by atoms with E-state index in [1.165, 1.54) is 11.8 Å². The van der Waals surface area contributed by atoms with Gasteiger partial charge in [0.1, 0.15) is 0 Å². The lowest BCUT2D eigenvalue weighted by atomic mass is 10.2. The van der Waals surface area contributed by atoms with E-state index in [1.54, 1.807) is 12.1 Å². The SMILES string of the molecule is Cc1cc(NC(=O)CSc2nnc(-c3cccc(Cl)c3)o2)ccc1Br. The van der Waals surface area contributed by atoms with Crippen molar-refractivity contribution in [1.29, 1.82) is 0 Å². The Balaban J connectivity index is 1.58. The molecule has 0 fully saturated rings. The zero-order valence-corrected chi connectivity index (χ0v) is 16.3. The second-order valence-electron chi connectivity index (χ2n) is 5.18. The van der Waals surface area contributed by atoms with E-state index in [0.717, 1.165) is 21.3 Å². The maximum atomic E-state index is 12.1. The first kappa shape index (κ1) is 18.0. The van der Waals surface area contributed by atoms with Crippen LogP contribution in [0.2, 0.25) is 5.02 Å². The summed E-state index contributed by atoms with van der Waals surface area (Å²) in [5.74, 6) is 0.398. The summed E-state index contributed by atoms with van der Waals surface area (Å²) in [6.45, 7) is 1.96. The molecule has 1 amide bonds. The molecule has 0 saturated carbocycles. The number of hydrogen-bond donors (Lipinski definition) is 1. The van der Waals surface area contributed by atoms with Gasteiger partial charge in [0, 0.05) is 20.7 Å². The first-order valence-corrected chi connectivity index (χ1v) is 9.45. The summed E-state index contributed by atoms with van der Waals surface area (Å²) in [6, 6.07) is 12.8. The number of aromatic nitrogens is 2. The molecule has 0 radical (unpaired) electrons. The highest BCUT2D eigenvalue weighted by Gasteiger charge is 2.12. The molecular formula is C17H13BrClN3O2S. The molecule has 3 rings (SSSR count). The van der Waals surface area contributed by atoms with E-state index in [1.807, 2.05) is 37.3 Å². The maximum absolute atomic E-state index is 12.1. The van der Waals surface area contributed by atoms with Gasteiger partial charge in [-0.1, -0.05) is 45.4 Å². The average Bonchev–Trinajstić information content (AvgIpc) is 3.05. The number of carbonyl (C=O) groups excluding carboxylic acids is 1. The second kappa shape index (κ2) is 8.03. The third-order valence-electron chi connectivity index (χ3n) is 3.25. The summed E-state index contributed by atoms with van der Waals surface area (Å²) in [4.78, 5) is 12.1. The van der Waals surface area contributed by atoms with Crippen LogP contribution < -0.4 is 5.32 Å². The molecule has 0 atom stereocenters. The molecule has 1 heterocycles. The number of nitrogens with zero attached hydrogens (tertiary/aromatic N) is 2. The number of aryl methyl sites for hydroxylation is 1. The van der Waals surface area contributed by atoms with Gasteiger partial charge in [-0.05, 0) is 48.9 Å². The van der Waals surface area contributed by atoms with Gasteiger partial charge in [-0.3, -0.25) is 4.79 Å². The van der Waals surface area contributed by atoms with E-state index in [-0.39, 0.29) is 11.7 Å². The van der Waals surface area contributed by atoms with E-state index >= 15 is 0 Å². The molecule has 3 aromatic rings. The highest BCUT2D eigenvalue weighted by atomic mass is 79.9. The summed E-state index contributed by atoms with van der Waals surface area (Å²) in [5.41, 5.74) is 2.53. The van der Waals surface area contributed by atoms with Gasteiger partial charge in [0.25, 0.3) is 5.22 Å². The van der Waals surface area contributed by atoms with Gasteiger partial charge < -0.3 is 9.73 Å².